The molecule has 3 nitrogen and oxygen atoms in total. The molecule has 18 heavy (non-hydrogen) atoms. The zero-order valence-corrected chi connectivity index (χ0v) is 11.2. The van der Waals surface area contributed by atoms with E-state index in [4.69, 9.17) is 11.6 Å². The van der Waals surface area contributed by atoms with Crippen molar-refractivity contribution in [3.8, 4) is 0 Å². The van der Waals surface area contributed by atoms with Crippen molar-refractivity contribution >= 4 is 28.4 Å². The van der Waals surface area contributed by atoms with E-state index in [1.165, 1.54) is 0 Å². The number of carbonyl (C=O) groups is 1. The number of rotatable bonds is 3. The molecule has 1 aromatic heterocycles. The van der Waals surface area contributed by atoms with E-state index in [9.17, 15) is 4.79 Å². The van der Waals surface area contributed by atoms with E-state index in [2.05, 4.69) is 10.3 Å². The average molecular weight is 263 g/mol. The molecule has 2 aromatic rings. The van der Waals surface area contributed by atoms with Gasteiger partial charge in [-0.2, -0.15) is 0 Å². The fraction of sp³-hybridized carbons (Fsp3) is 0.286. The van der Waals surface area contributed by atoms with Crippen molar-refractivity contribution in [2.45, 2.75) is 20.3 Å². The second-order valence-electron chi connectivity index (χ2n) is 4.20. The van der Waals surface area contributed by atoms with Gasteiger partial charge in [-0.1, -0.05) is 30.7 Å². The first-order chi connectivity index (χ1) is 8.63. The molecule has 4 heteroatoms. The lowest BCUT2D eigenvalue weighted by molar-refractivity contribution is 0.0955. The number of hydrogen-bond acceptors (Lipinski definition) is 2. The van der Waals surface area contributed by atoms with E-state index < -0.39 is 0 Å². The minimum Gasteiger partial charge on any atom is -0.352 e. The predicted octanol–water partition coefficient (Wildman–Crippen LogP) is 3.34. The van der Waals surface area contributed by atoms with Crippen LogP contribution in [0.1, 0.15) is 29.4 Å². The van der Waals surface area contributed by atoms with Crippen LogP contribution in [0.3, 0.4) is 0 Å². The maximum absolute atomic E-state index is 12.1. The van der Waals surface area contributed by atoms with E-state index in [0.717, 1.165) is 17.5 Å². The Hall–Kier alpha value is -1.61. The second kappa shape index (κ2) is 5.36. The first kappa shape index (κ1) is 12.8. The molecule has 1 amide bonds. The summed E-state index contributed by atoms with van der Waals surface area (Å²) in [7, 11) is 0. The van der Waals surface area contributed by atoms with Crippen LogP contribution in [-0.2, 0) is 0 Å². The number of hydrogen-bond donors (Lipinski definition) is 1. The summed E-state index contributed by atoms with van der Waals surface area (Å²) in [6.45, 7) is 4.55. The van der Waals surface area contributed by atoms with Gasteiger partial charge in [0.1, 0.15) is 0 Å². The third-order valence-electron chi connectivity index (χ3n) is 2.70. The fourth-order valence-electron chi connectivity index (χ4n) is 1.86. The molecule has 1 heterocycles. The van der Waals surface area contributed by atoms with E-state index in [1.54, 1.807) is 12.1 Å². The van der Waals surface area contributed by atoms with Crippen LogP contribution in [0.15, 0.2) is 24.3 Å². The predicted molar refractivity (Wildman–Crippen MR) is 74.1 cm³/mol. The fourth-order valence-corrected chi connectivity index (χ4v) is 2.08. The van der Waals surface area contributed by atoms with Gasteiger partial charge in [0.25, 0.3) is 5.91 Å². The van der Waals surface area contributed by atoms with Crippen LogP contribution in [0.4, 0.5) is 0 Å². The van der Waals surface area contributed by atoms with Gasteiger partial charge in [0.2, 0.25) is 0 Å². The SMILES string of the molecule is CCCNC(=O)c1cc(C)nc2c(Cl)cccc12. The van der Waals surface area contributed by atoms with Gasteiger partial charge < -0.3 is 5.32 Å². The molecule has 0 unspecified atom stereocenters. The zero-order valence-electron chi connectivity index (χ0n) is 10.5. The molecule has 0 spiro atoms. The Morgan fingerprint density at radius 1 is 1.44 bits per heavy atom. The highest BCUT2D eigenvalue weighted by Gasteiger charge is 2.12. The van der Waals surface area contributed by atoms with Crippen LogP contribution >= 0.6 is 11.6 Å². The van der Waals surface area contributed by atoms with Crippen molar-refractivity contribution < 1.29 is 4.79 Å². The number of carbonyl (C=O) groups excluding carboxylic acids is 1. The minimum atomic E-state index is -0.0744. The van der Waals surface area contributed by atoms with Gasteiger partial charge in [0, 0.05) is 17.6 Å². The summed E-state index contributed by atoms with van der Waals surface area (Å²) in [6.07, 6.45) is 0.911. The van der Waals surface area contributed by atoms with Crippen molar-refractivity contribution in [2.24, 2.45) is 0 Å². The molecule has 0 saturated carbocycles. The second-order valence-corrected chi connectivity index (χ2v) is 4.61. The molecule has 0 aliphatic rings. The molecule has 0 bridgehead atoms. The molecule has 1 N–H and O–H groups in total. The van der Waals surface area contributed by atoms with Gasteiger partial charge in [-0.3, -0.25) is 9.78 Å². The summed E-state index contributed by atoms with van der Waals surface area (Å²) in [6, 6.07) is 7.28. The Morgan fingerprint density at radius 3 is 2.94 bits per heavy atom. The molecule has 0 aliphatic carbocycles. The third kappa shape index (κ3) is 2.46. The summed E-state index contributed by atoms with van der Waals surface area (Å²) in [5, 5.41) is 4.24. The van der Waals surface area contributed by atoms with Gasteiger partial charge in [0.15, 0.2) is 0 Å². The largest absolute Gasteiger partial charge is 0.352 e. The van der Waals surface area contributed by atoms with Gasteiger partial charge in [-0.25, -0.2) is 0 Å². The molecule has 0 fully saturated rings. The molecular weight excluding hydrogens is 248 g/mol. The number of aryl methyl sites for hydroxylation is 1. The number of para-hydroxylation sites is 1. The summed E-state index contributed by atoms with van der Waals surface area (Å²) in [5.41, 5.74) is 2.10. The average Bonchev–Trinajstić information content (AvgIpc) is 2.36. The van der Waals surface area contributed by atoms with Crippen LogP contribution in [-0.4, -0.2) is 17.4 Å². The minimum absolute atomic E-state index is 0.0744. The number of nitrogens with one attached hydrogen (secondary N) is 1. The Kier molecular flexibility index (Phi) is 3.82. The number of fused-ring (bicyclic) bond motifs is 1. The molecule has 0 atom stereocenters. The van der Waals surface area contributed by atoms with Crippen LogP contribution in [0.2, 0.25) is 5.02 Å². The Morgan fingerprint density at radius 2 is 2.22 bits per heavy atom. The first-order valence-corrected chi connectivity index (χ1v) is 6.35. The first-order valence-electron chi connectivity index (χ1n) is 5.97. The van der Waals surface area contributed by atoms with E-state index in [0.29, 0.717) is 22.6 Å². The Bertz CT molecular complexity index is 596. The van der Waals surface area contributed by atoms with Crippen LogP contribution in [0.25, 0.3) is 10.9 Å². The maximum Gasteiger partial charge on any atom is 0.252 e. The van der Waals surface area contributed by atoms with Crippen molar-refractivity contribution in [2.75, 3.05) is 6.54 Å². The number of nitrogens with zero attached hydrogens (tertiary/aromatic N) is 1. The topological polar surface area (TPSA) is 42.0 Å². The van der Waals surface area contributed by atoms with Gasteiger partial charge >= 0.3 is 0 Å². The van der Waals surface area contributed by atoms with Crippen molar-refractivity contribution in [3.63, 3.8) is 0 Å². The quantitative estimate of drug-likeness (QED) is 0.922. The third-order valence-corrected chi connectivity index (χ3v) is 3.00. The molecule has 0 saturated heterocycles. The van der Waals surface area contributed by atoms with Gasteiger partial charge in [-0.05, 0) is 25.5 Å². The smallest absolute Gasteiger partial charge is 0.252 e. The molecule has 0 radical (unpaired) electrons. The number of halogens is 1. The highest BCUT2D eigenvalue weighted by atomic mass is 35.5. The van der Waals surface area contributed by atoms with Crippen LogP contribution in [0.5, 0.6) is 0 Å². The lowest BCUT2D eigenvalue weighted by atomic mass is 10.1. The highest BCUT2D eigenvalue weighted by Crippen LogP contribution is 2.25. The lowest BCUT2D eigenvalue weighted by Gasteiger charge is -2.09. The number of aromatic nitrogens is 1. The summed E-state index contributed by atoms with van der Waals surface area (Å²) in [4.78, 5) is 16.5. The van der Waals surface area contributed by atoms with Gasteiger partial charge in [-0.15, -0.1) is 0 Å². The highest BCUT2D eigenvalue weighted by molar-refractivity contribution is 6.35. The maximum atomic E-state index is 12.1. The van der Waals surface area contributed by atoms with Crippen molar-refractivity contribution in [1.82, 2.24) is 10.3 Å². The molecule has 2 rings (SSSR count). The standard InChI is InChI=1S/C14H15ClN2O/c1-3-7-16-14(18)11-8-9(2)17-13-10(11)5-4-6-12(13)15/h4-6,8H,3,7H2,1-2H3,(H,16,18). The van der Waals surface area contributed by atoms with E-state index in [-0.39, 0.29) is 5.91 Å². The normalized spacial score (nSPS) is 10.6. The molecule has 0 aliphatic heterocycles. The number of pyridine rings is 1. The number of amides is 1. The monoisotopic (exact) mass is 262 g/mol. The van der Waals surface area contributed by atoms with Crippen LogP contribution < -0.4 is 5.32 Å². The Labute approximate surface area is 111 Å². The molecule has 94 valence electrons. The molecular formula is C14H15ClN2O. The Balaban J connectivity index is 2.56. The zero-order chi connectivity index (χ0) is 13.1. The van der Waals surface area contributed by atoms with Crippen molar-refractivity contribution in [1.29, 1.82) is 0 Å². The molecule has 1 aromatic carbocycles. The van der Waals surface area contributed by atoms with Gasteiger partial charge in [0.05, 0.1) is 16.1 Å². The van der Waals surface area contributed by atoms with Crippen molar-refractivity contribution in [3.05, 3.63) is 40.5 Å². The van der Waals surface area contributed by atoms with Crippen LogP contribution in [0, 0.1) is 6.92 Å². The summed E-state index contributed by atoms with van der Waals surface area (Å²) in [5.74, 6) is -0.0744. The van der Waals surface area contributed by atoms with E-state index in [1.807, 2.05) is 26.0 Å². The van der Waals surface area contributed by atoms with E-state index >= 15 is 0 Å². The number of benzene rings is 1. The summed E-state index contributed by atoms with van der Waals surface area (Å²) >= 11 is 6.12. The summed E-state index contributed by atoms with van der Waals surface area (Å²) < 4.78 is 0. The lowest BCUT2D eigenvalue weighted by Crippen LogP contribution is -2.24.